The van der Waals surface area contributed by atoms with E-state index >= 15 is 0 Å². The average molecular weight is 518 g/mol. The number of fused-ring (bicyclic) bond motifs is 1. The van der Waals surface area contributed by atoms with Gasteiger partial charge in [-0.2, -0.15) is 13.5 Å². The van der Waals surface area contributed by atoms with Gasteiger partial charge < -0.3 is 19.7 Å². The van der Waals surface area contributed by atoms with Gasteiger partial charge in [-0.25, -0.2) is 17.8 Å². The number of ether oxygens (including phenoxy) is 2. The summed E-state index contributed by atoms with van der Waals surface area (Å²) in [5.74, 6) is -2.55. The van der Waals surface area contributed by atoms with E-state index < -0.39 is 40.5 Å². The van der Waals surface area contributed by atoms with Crippen molar-refractivity contribution in [3.05, 3.63) is 24.3 Å². The molecule has 0 radical (unpaired) electrons. The van der Waals surface area contributed by atoms with Crippen LogP contribution in [0.4, 0.5) is 18.9 Å². The maximum Gasteiger partial charge on any atom is 0.312 e. The highest BCUT2D eigenvalue weighted by Gasteiger charge is 2.43. The lowest BCUT2D eigenvalue weighted by molar-refractivity contribution is -0.0725. The molecule has 4 N–H and O–H groups in total. The van der Waals surface area contributed by atoms with Crippen LogP contribution in [0.2, 0.25) is 0 Å². The average Bonchev–Trinajstić information content (AvgIpc) is 3.19. The number of alkyl halides is 3. The van der Waals surface area contributed by atoms with E-state index in [0.29, 0.717) is 24.3 Å². The summed E-state index contributed by atoms with van der Waals surface area (Å²) in [4.78, 5) is 5.79. The number of anilines is 1. The first-order valence-electron chi connectivity index (χ1n) is 10.8. The molecule has 2 aromatic heterocycles. The Hall–Kier alpha value is -2.75. The highest BCUT2D eigenvalue weighted by molar-refractivity contribution is 7.89. The van der Waals surface area contributed by atoms with Crippen LogP contribution in [0.1, 0.15) is 19.7 Å². The molecule has 0 amide bonds. The molecule has 0 saturated carbocycles. The zero-order valence-corrected chi connectivity index (χ0v) is 19.8. The van der Waals surface area contributed by atoms with E-state index in [2.05, 4.69) is 19.8 Å². The fourth-order valence-electron chi connectivity index (χ4n) is 4.20. The second-order valence-corrected chi connectivity index (χ2v) is 10.6. The van der Waals surface area contributed by atoms with Crippen molar-refractivity contribution in [3.8, 4) is 0 Å². The molecular weight excluding hydrogens is 491 g/mol. The number of rotatable bonds is 7. The maximum absolute atomic E-state index is 13.6. The highest BCUT2D eigenvalue weighted by atomic mass is 32.2. The smallest absolute Gasteiger partial charge is 0.312 e. The molecule has 11 nitrogen and oxygen atoms in total. The molecular formula is C20H26F3N7O4S. The Bertz CT molecular complexity index is 1230. The highest BCUT2D eigenvalue weighted by Crippen LogP contribution is 2.30. The van der Waals surface area contributed by atoms with Gasteiger partial charge in [0.25, 0.3) is 11.8 Å². The van der Waals surface area contributed by atoms with E-state index in [-0.39, 0.29) is 36.0 Å². The topological polar surface area (TPSA) is 145 Å². The maximum atomic E-state index is 13.6. The van der Waals surface area contributed by atoms with E-state index in [1.54, 1.807) is 0 Å². The van der Waals surface area contributed by atoms with E-state index in [1.807, 2.05) is 18.7 Å². The van der Waals surface area contributed by atoms with Crippen molar-refractivity contribution in [2.75, 3.05) is 37.9 Å². The Morgan fingerprint density at radius 2 is 2.00 bits per heavy atom. The van der Waals surface area contributed by atoms with Crippen LogP contribution < -0.4 is 14.9 Å². The Morgan fingerprint density at radius 1 is 1.34 bits per heavy atom. The summed E-state index contributed by atoms with van der Waals surface area (Å²) in [7, 11) is -4.26. The lowest BCUT2D eigenvalue weighted by atomic mass is 10.0. The Kier molecular flexibility index (Phi) is 6.78. The molecule has 4 rings (SSSR count). The van der Waals surface area contributed by atoms with Gasteiger partial charge >= 0.3 is 6.43 Å². The standard InChI is InChI=1S/C20H26F3N7O4S/c1-11-5-29(6-12(2)27-11)14-3-13(35(31,32)28-20(8-21)9-33-10-20)7-30-15(14)4-26-19(30)18(25)34-17(24)16(22)23/h3-4,7,11-12,16,24-25,27-28H,5-6,8-10H2,1-2H3/t11-,12-/m0/s1. The summed E-state index contributed by atoms with van der Waals surface area (Å²) >= 11 is 0. The SMILES string of the molecule is C[C@H]1CN(c2cc(S(=O)(=O)NC3(CF)COC3)cn3c(C(=N)OC(=N)C(F)F)ncc23)C[C@H](C)N1. The monoisotopic (exact) mass is 517 g/mol. The molecule has 2 aromatic rings. The minimum atomic E-state index is -4.26. The van der Waals surface area contributed by atoms with Crippen molar-refractivity contribution in [2.24, 2.45) is 0 Å². The molecule has 2 fully saturated rings. The molecule has 15 heteroatoms. The number of nitrogens with zero attached hydrogens (tertiary/aromatic N) is 3. The number of aromatic nitrogens is 2. The van der Waals surface area contributed by atoms with Gasteiger partial charge in [0.05, 0.1) is 30.6 Å². The van der Waals surface area contributed by atoms with Crippen LogP contribution >= 0.6 is 0 Å². The molecule has 0 unspecified atom stereocenters. The quantitative estimate of drug-likeness (QED) is 0.318. The van der Waals surface area contributed by atoms with Crippen LogP contribution in [0.25, 0.3) is 5.52 Å². The van der Waals surface area contributed by atoms with E-state index in [1.165, 1.54) is 16.7 Å². The van der Waals surface area contributed by atoms with Crippen molar-refractivity contribution in [3.63, 3.8) is 0 Å². The third-order valence-electron chi connectivity index (χ3n) is 5.78. The van der Waals surface area contributed by atoms with Crippen LogP contribution in [0.3, 0.4) is 0 Å². The molecule has 2 atom stereocenters. The molecule has 192 valence electrons. The number of nitrogens with one attached hydrogen (secondary N) is 4. The van der Waals surface area contributed by atoms with Crippen LogP contribution in [0.5, 0.6) is 0 Å². The van der Waals surface area contributed by atoms with Crippen LogP contribution in [-0.2, 0) is 19.5 Å². The second kappa shape index (κ2) is 9.37. The van der Waals surface area contributed by atoms with Gasteiger partial charge in [0.1, 0.15) is 17.1 Å². The summed E-state index contributed by atoms with van der Waals surface area (Å²) in [6, 6.07) is 1.59. The summed E-state index contributed by atoms with van der Waals surface area (Å²) < 4.78 is 78.8. The van der Waals surface area contributed by atoms with Gasteiger partial charge in [-0.05, 0) is 19.9 Å². The van der Waals surface area contributed by atoms with Gasteiger partial charge in [-0.15, -0.1) is 0 Å². The molecule has 0 aromatic carbocycles. The molecule has 0 aliphatic carbocycles. The van der Waals surface area contributed by atoms with E-state index in [9.17, 15) is 21.6 Å². The zero-order chi connectivity index (χ0) is 25.5. The van der Waals surface area contributed by atoms with Crippen molar-refractivity contribution in [2.45, 2.75) is 42.8 Å². The number of sulfonamides is 1. The normalized spacial score (nSPS) is 22.3. The number of imidazole rings is 1. The predicted octanol–water partition coefficient (Wildman–Crippen LogP) is 1.12. The van der Waals surface area contributed by atoms with Gasteiger partial charge in [0.15, 0.2) is 0 Å². The lowest BCUT2D eigenvalue weighted by Crippen LogP contribution is -2.63. The third-order valence-corrected chi connectivity index (χ3v) is 7.33. The molecule has 4 heterocycles. The molecule has 2 saturated heterocycles. The third kappa shape index (κ3) is 4.98. The summed E-state index contributed by atoms with van der Waals surface area (Å²) in [5, 5.41) is 18.6. The fraction of sp³-hybridized carbons (Fsp3) is 0.550. The van der Waals surface area contributed by atoms with Crippen molar-refractivity contribution >= 4 is 33.0 Å². The molecule has 2 aliphatic rings. The number of pyridine rings is 1. The van der Waals surface area contributed by atoms with Crippen LogP contribution in [-0.4, -0.2) is 86.6 Å². The Balaban J connectivity index is 1.82. The van der Waals surface area contributed by atoms with E-state index in [0.717, 1.165) is 6.20 Å². The van der Waals surface area contributed by atoms with Gasteiger partial charge in [-0.1, -0.05) is 0 Å². The predicted molar refractivity (Wildman–Crippen MR) is 121 cm³/mol. The van der Waals surface area contributed by atoms with Gasteiger partial charge in [-0.3, -0.25) is 15.2 Å². The number of hydrogen-bond acceptors (Lipinski definition) is 9. The minimum absolute atomic E-state index is 0.0784. The minimum Gasteiger partial charge on any atom is -0.416 e. The Labute approximate surface area is 199 Å². The molecule has 0 spiro atoms. The number of hydrogen-bond donors (Lipinski definition) is 4. The summed E-state index contributed by atoms with van der Waals surface area (Å²) in [6.45, 7) is 3.83. The van der Waals surface area contributed by atoms with Crippen molar-refractivity contribution in [1.82, 2.24) is 19.4 Å². The molecule has 35 heavy (non-hydrogen) atoms. The Morgan fingerprint density at radius 3 is 2.54 bits per heavy atom. The van der Waals surface area contributed by atoms with E-state index in [4.69, 9.17) is 15.6 Å². The molecule has 2 aliphatic heterocycles. The first-order valence-corrected chi connectivity index (χ1v) is 12.3. The molecule has 0 bridgehead atoms. The van der Waals surface area contributed by atoms with Gasteiger partial charge in [0, 0.05) is 31.4 Å². The van der Waals surface area contributed by atoms with Crippen LogP contribution in [0, 0.1) is 10.8 Å². The number of piperazine rings is 1. The second-order valence-electron chi connectivity index (χ2n) is 8.88. The largest absolute Gasteiger partial charge is 0.416 e. The van der Waals surface area contributed by atoms with Crippen LogP contribution in [0.15, 0.2) is 23.4 Å². The van der Waals surface area contributed by atoms with Crippen molar-refractivity contribution in [1.29, 1.82) is 10.8 Å². The first-order chi connectivity index (χ1) is 16.4. The lowest BCUT2D eigenvalue weighted by Gasteiger charge is -2.39. The van der Waals surface area contributed by atoms with Crippen molar-refractivity contribution < 1.29 is 31.1 Å². The summed E-state index contributed by atoms with van der Waals surface area (Å²) in [5.41, 5.74) is -0.488. The fourth-order valence-corrected chi connectivity index (χ4v) is 5.57. The zero-order valence-electron chi connectivity index (χ0n) is 19.0. The first kappa shape index (κ1) is 25.3. The number of halogens is 3. The summed E-state index contributed by atoms with van der Waals surface area (Å²) in [6.07, 6.45) is -0.699. The van der Waals surface area contributed by atoms with Gasteiger partial charge in [0.2, 0.25) is 15.8 Å².